The number of aliphatic hydroxyl groups is 1. The van der Waals surface area contributed by atoms with E-state index in [-0.39, 0.29) is 30.0 Å². The molecule has 0 amide bonds. The van der Waals surface area contributed by atoms with Crippen molar-refractivity contribution in [2.24, 2.45) is 11.1 Å². The van der Waals surface area contributed by atoms with Crippen molar-refractivity contribution in [2.45, 2.75) is 18.7 Å². The summed E-state index contributed by atoms with van der Waals surface area (Å²) in [5.41, 5.74) is 4.01. The molecule has 1 aromatic rings. The van der Waals surface area contributed by atoms with E-state index in [0.717, 1.165) is 24.3 Å². The molecule has 0 radical (unpaired) electrons. The molecule has 21 heavy (non-hydrogen) atoms. The number of halogens is 3. The molecule has 3 N–H and O–H groups in total. The van der Waals surface area contributed by atoms with E-state index in [2.05, 4.69) is 0 Å². The van der Waals surface area contributed by atoms with Crippen LogP contribution >= 0.6 is 0 Å². The SMILES string of the molecule is NCC1(C(O)c2ccc(C(F)(F)F)cc2)CCS(=O)(=O)C1. The van der Waals surface area contributed by atoms with Gasteiger partial charge in [0.2, 0.25) is 0 Å². The Morgan fingerprint density at radius 2 is 1.86 bits per heavy atom. The Labute approximate surface area is 120 Å². The van der Waals surface area contributed by atoms with Crippen molar-refractivity contribution in [3.8, 4) is 0 Å². The molecule has 2 atom stereocenters. The van der Waals surface area contributed by atoms with Crippen LogP contribution < -0.4 is 5.73 Å². The minimum atomic E-state index is -4.45. The zero-order valence-electron chi connectivity index (χ0n) is 11.1. The van der Waals surface area contributed by atoms with Gasteiger partial charge in [-0.2, -0.15) is 13.2 Å². The highest BCUT2D eigenvalue weighted by molar-refractivity contribution is 7.91. The Hall–Kier alpha value is -1.12. The van der Waals surface area contributed by atoms with E-state index in [4.69, 9.17) is 5.73 Å². The van der Waals surface area contributed by atoms with E-state index in [0.29, 0.717) is 0 Å². The minimum Gasteiger partial charge on any atom is -0.388 e. The van der Waals surface area contributed by atoms with Gasteiger partial charge in [-0.15, -0.1) is 0 Å². The molecule has 1 heterocycles. The molecule has 1 aliphatic heterocycles. The monoisotopic (exact) mass is 323 g/mol. The third kappa shape index (κ3) is 3.22. The molecule has 0 aliphatic carbocycles. The molecule has 118 valence electrons. The highest BCUT2D eigenvalue weighted by atomic mass is 32.2. The molecule has 1 fully saturated rings. The Balaban J connectivity index is 2.29. The lowest BCUT2D eigenvalue weighted by Gasteiger charge is -2.32. The van der Waals surface area contributed by atoms with Crippen molar-refractivity contribution in [3.05, 3.63) is 35.4 Å². The van der Waals surface area contributed by atoms with Crippen LogP contribution in [0.5, 0.6) is 0 Å². The number of rotatable bonds is 3. The third-order valence-electron chi connectivity index (χ3n) is 3.96. The predicted molar refractivity (Wildman–Crippen MR) is 71.2 cm³/mol. The van der Waals surface area contributed by atoms with Crippen LogP contribution in [-0.4, -0.2) is 31.6 Å². The average Bonchev–Trinajstić information content (AvgIpc) is 2.74. The number of nitrogens with two attached hydrogens (primary N) is 1. The molecule has 8 heteroatoms. The first kappa shape index (κ1) is 16.3. The summed E-state index contributed by atoms with van der Waals surface area (Å²) >= 11 is 0. The molecule has 0 bridgehead atoms. The molecular weight excluding hydrogens is 307 g/mol. The van der Waals surface area contributed by atoms with Gasteiger partial charge in [0.1, 0.15) is 0 Å². The fourth-order valence-electron chi connectivity index (χ4n) is 2.64. The van der Waals surface area contributed by atoms with Crippen LogP contribution in [0.3, 0.4) is 0 Å². The van der Waals surface area contributed by atoms with Crippen molar-refractivity contribution in [1.82, 2.24) is 0 Å². The molecule has 1 aliphatic rings. The Kier molecular flexibility index (Phi) is 4.07. The highest BCUT2D eigenvalue weighted by Gasteiger charge is 2.47. The quantitative estimate of drug-likeness (QED) is 0.883. The van der Waals surface area contributed by atoms with Crippen LogP contribution in [0, 0.1) is 5.41 Å². The number of sulfone groups is 1. The maximum Gasteiger partial charge on any atom is 0.416 e. The topological polar surface area (TPSA) is 80.4 Å². The summed E-state index contributed by atoms with van der Waals surface area (Å²) in [6, 6.07) is 4.06. The third-order valence-corrected chi connectivity index (χ3v) is 5.80. The summed E-state index contributed by atoms with van der Waals surface area (Å²) in [7, 11) is -3.27. The first-order valence-electron chi connectivity index (χ1n) is 6.35. The second-order valence-corrected chi connectivity index (χ2v) is 7.61. The standard InChI is InChI=1S/C13H16F3NO3S/c14-13(15,16)10-3-1-9(2-4-10)11(18)12(7-17)5-6-21(19,20)8-12/h1-4,11,18H,5-8,17H2. The second-order valence-electron chi connectivity index (χ2n) is 5.43. The van der Waals surface area contributed by atoms with E-state index in [1.54, 1.807) is 0 Å². The molecule has 0 aromatic heterocycles. The zero-order valence-corrected chi connectivity index (χ0v) is 11.9. The van der Waals surface area contributed by atoms with E-state index >= 15 is 0 Å². The van der Waals surface area contributed by atoms with Crippen molar-refractivity contribution in [3.63, 3.8) is 0 Å². The second kappa shape index (κ2) is 5.26. The number of benzene rings is 1. The lowest BCUT2D eigenvalue weighted by molar-refractivity contribution is -0.137. The first-order valence-corrected chi connectivity index (χ1v) is 8.17. The Morgan fingerprint density at radius 3 is 2.24 bits per heavy atom. The van der Waals surface area contributed by atoms with Gasteiger partial charge < -0.3 is 10.8 Å². The summed E-state index contributed by atoms with van der Waals surface area (Å²) < 4.78 is 60.7. The molecule has 2 rings (SSSR count). The van der Waals surface area contributed by atoms with Crippen LogP contribution in [0.2, 0.25) is 0 Å². The summed E-state index contributed by atoms with van der Waals surface area (Å²) in [5.74, 6) is -0.319. The van der Waals surface area contributed by atoms with Crippen LogP contribution in [-0.2, 0) is 16.0 Å². The maximum atomic E-state index is 12.5. The van der Waals surface area contributed by atoms with Gasteiger partial charge in [-0.25, -0.2) is 8.42 Å². The van der Waals surface area contributed by atoms with Crippen molar-refractivity contribution in [2.75, 3.05) is 18.1 Å². The van der Waals surface area contributed by atoms with Crippen molar-refractivity contribution in [1.29, 1.82) is 0 Å². The number of hydrogen-bond donors (Lipinski definition) is 2. The summed E-state index contributed by atoms with van der Waals surface area (Å²) in [4.78, 5) is 0. The van der Waals surface area contributed by atoms with Gasteiger partial charge in [0, 0.05) is 12.0 Å². The van der Waals surface area contributed by atoms with E-state index < -0.39 is 33.1 Å². The van der Waals surface area contributed by atoms with E-state index in [9.17, 15) is 26.7 Å². The van der Waals surface area contributed by atoms with E-state index in [1.807, 2.05) is 0 Å². The molecule has 0 spiro atoms. The van der Waals surface area contributed by atoms with E-state index in [1.165, 1.54) is 0 Å². The molecule has 1 saturated heterocycles. The van der Waals surface area contributed by atoms with Crippen LogP contribution in [0.1, 0.15) is 23.7 Å². The van der Waals surface area contributed by atoms with Gasteiger partial charge in [0.15, 0.2) is 9.84 Å². The fourth-order valence-corrected chi connectivity index (χ4v) is 4.80. The average molecular weight is 323 g/mol. The highest BCUT2D eigenvalue weighted by Crippen LogP contribution is 2.43. The smallest absolute Gasteiger partial charge is 0.388 e. The van der Waals surface area contributed by atoms with Crippen molar-refractivity contribution < 1.29 is 26.7 Å². The lowest BCUT2D eigenvalue weighted by atomic mass is 9.78. The Bertz CT molecular complexity index is 613. The van der Waals surface area contributed by atoms with Gasteiger partial charge >= 0.3 is 6.18 Å². The summed E-state index contributed by atoms with van der Waals surface area (Å²) in [5, 5.41) is 10.4. The molecular formula is C13H16F3NO3S. The van der Waals surface area contributed by atoms with Gasteiger partial charge in [-0.3, -0.25) is 0 Å². The molecule has 0 saturated carbocycles. The number of hydrogen-bond acceptors (Lipinski definition) is 4. The molecule has 4 nitrogen and oxygen atoms in total. The largest absolute Gasteiger partial charge is 0.416 e. The van der Waals surface area contributed by atoms with Gasteiger partial charge in [0.25, 0.3) is 0 Å². The first-order chi connectivity index (χ1) is 9.60. The molecule has 2 unspecified atom stereocenters. The Morgan fingerprint density at radius 1 is 1.29 bits per heavy atom. The number of alkyl halides is 3. The van der Waals surface area contributed by atoms with Crippen molar-refractivity contribution >= 4 is 9.84 Å². The predicted octanol–water partition coefficient (Wildman–Crippen LogP) is 1.50. The lowest BCUT2D eigenvalue weighted by Crippen LogP contribution is -2.38. The van der Waals surface area contributed by atoms with Crippen LogP contribution in [0.25, 0.3) is 0 Å². The maximum absolute atomic E-state index is 12.5. The van der Waals surface area contributed by atoms with Gasteiger partial charge in [0.05, 0.1) is 23.2 Å². The molecule has 1 aromatic carbocycles. The summed E-state index contributed by atoms with van der Waals surface area (Å²) in [6.07, 6.45) is -5.46. The zero-order chi connectivity index (χ0) is 15.9. The minimum absolute atomic E-state index is 0.0472. The summed E-state index contributed by atoms with van der Waals surface area (Å²) in [6.45, 7) is -0.0472. The normalized spacial score (nSPS) is 26.7. The van der Waals surface area contributed by atoms with Gasteiger partial charge in [-0.1, -0.05) is 12.1 Å². The fraction of sp³-hybridized carbons (Fsp3) is 0.538. The van der Waals surface area contributed by atoms with Crippen LogP contribution in [0.4, 0.5) is 13.2 Å². The number of aliphatic hydroxyl groups excluding tert-OH is 1. The van der Waals surface area contributed by atoms with Gasteiger partial charge in [-0.05, 0) is 24.1 Å². The van der Waals surface area contributed by atoms with Crippen LogP contribution in [0.15, 0.2) is 24.3 Å².